The zero-order valence-corrected chi connectivity index (χ0v) is 13.1. The Morgan fingerprint density at radius 2 is 2.05 bits per heavy atom. The third kappa shape index (κ3) is 3.78. The minimum absolute atomic E-state index is 0.207. The molecule has 0 heterocycles. The highest BCUT2D eigenvalue weighted by Gasteiger charge is 2.41. The number of carbonyl (C=O) groups excluding carboxylic acids is 1. The van der Waals surface area contributed by atoms with Gasteiger partial charge in [0.2, 0.25) is 5.91 Å². The summed E-state index contributed by atoms with van der Waals surface area (Å²) < 4.78 is 5.63. The number of rotatable bonds is 7. The zero-order valence-electron chi connectivity index (χ0n) is 13.1. The molecule has 2 N–H and O–H groups in total. The van der Waals surface area contributed by atoms with Gasteiger partial charge >= 0.3 is 5.97 Å². The van der Waals surface area contributed by atoms with Gasteiger partial charge in [-0.2, -0.15) is 0 Å². The number of ether oxygens (including phenoxy) is 1. The lowest BCUT2D eigenvalue weighted by Gasteiger charge is -2.32. The largest absolute Gasteiger partial charge is 0.494 e. The Morgan fingerprint density at radius 3 is 2.59 bits per heavy atom. The van der Waals surface area contributed by atoms with Gasteiger partial charge < -0.3 is 15.2 Å². The van der Waals surface area contributed by atoms with Crippen molar-refractivity contribution in [1.29, 1.82) is 0 Å². The number of benzene rings is 1. The minimum atomic E-state index is -0.886. The first-order chi connectivity index (χ1) is 10.5. The van der Waals surface area contributed by atoms with Crippen LogP contribution in [0.25, 0.3) is 0 Å². The second-order valence-electron chi connectivity index (χ2n) is 5.80. The van der Waals surface area contributed by atoms with Crippen LogP contribution in [0.15, 0.2) is 18.2 Å². The summed E-state index contributed by atoms with van der Waals surface area (Å²) in [6, 6.07) is 5.53. The van der Waals surface area contributed by atoms with Crippen LogP contribution < -0.4 is 10.1 Å². The van der Waals surface area contributed by atoms with Gasteiger partial charge in [-0.15, -0.1) is 0 Å². The van der Waals surface area contributed by atoms with E-state index < -0.39 is 17.8 Å². The van der Waals surface area contributed by atoms with Gasteiger partial charge in [0, 0.05) is 5.69 Å². The summed E-state index contributed by atoms with van der Waals surface area (Å²) >= 11 is 0. The Kier molecular flexibility index (Phi) is 5.41. The van der Waals surface area contributed by atoms with Gasteiger partial charge in [0.1, 0.15) is 5.75 Å². The molecule has 1 aliphatic carbocycles. The molecule has 1 saturated carbocycles. The van der Waals surface area contributed by atoms with Crippen molar-refractivity contribution in [3.05, 3.63) is 23.8 Å². The molecule has 2 unspecified atom stereocenters. The molecule has 1 aliphatic rings. The fourth-order valence-corrected chi connectivity index (χ4v) is 2.54. The summed E-state index contributed by atoms with van der Waals surface area (Å²) in [5.74, 6) is -1.27. The normalized spacial score (nSPS) is 20.1. The minimum Gasteiger partial charge on any atom is -0.494 e. The summed E-state index contributed by atoms with van der Waals surface area (Å²) in [4.78, 5) is 23.1. The fraction of sp³-hybridized carbons (Fsp3) is 0.529. The molecule has 5 nitrogen and oxygen atoms in total. The lowest BCUT2D eigenvalue weighted by molar-refractivity contribution is -0.151. The van der Waals surface area contributed by atoms with Crippen molar-refractivity contribution in [3.63, 3.8) is 0 Å². The monoisotopic (exact) mass is 305 g/mol. The summed E-state index contributed by atoms with van der Waals surface area (Å²) in [7, 11) is 0. The van der Waals surface area contributed by atoms with Gasteiger partial charge in [-0.3, -0.25) is 9.59 Å². The molecule has 0 aliphatic heterocycles. The van der Waals surface area contributed by atoms with Crippen LogP contribution in [-0.2, 0) is 9.59 Å². The van der Waals surface area contributed by atoms with Crippen molar-refractivity contribution in [2.75, 3.05) is 11.9 Å². The van der Waals surface area contributed by atoms with Crippen molar-refractivity contribution in [2.45, 2.75) is 39.5 Å². The molecule has 120 valence electrons. The number of amides is 1. The smallest absolute Gasteiger partial charge is 0.307 e. The average Bonchev–Trinajstić information content (AvgIpc) is 2.40. The maximum absolute atomic E-state index is 12.2. The molecule has 0 saturated heterocycles. The van der Waals surface area contributed by atoms with Crippen LogP contribution >= 0.6 is 0 Å². The van der Waals surface area contributed by atoms with Crippen LogP contribution in [-0.4, -0.2) is 23.6 Å². The number of aliphatic carboxylic acids is 1. The topological polar surface area (TPSA) is 75.6 Å². The quantitative estimate of drug-likeness (QED) is 0.758. The highest BCUT2D eigenvalue weighted by atomic mass is 16.5. The van der Waals surface area contributed by atoms with Crippen LogP contribution in [0.4, 0.5) is 5.69 Å². The number of nitrogens with one attached hydrogen (secondary N) is 1. The van der Waals surface area contributed by atoms with E-state index in [0.29, 0.717) is 25.1 Å². The fourth-order valence-electron chi connectivity index (χ4n) is 2.54. The third-order valence-electron chi connectivity index (χ3n) is 4.15. The molecular weight excluding hydrogens is 282 g/mol. The predicted octanol–water partition coefficient (Wildman–Crippen LogP) is 3.22. The van der Waals surface area contributed by atoms with Gasteiger partial charge in [-0.25, -0.2) is 0 Å². The molecule has 1 aromatic carbocycles. The van der Waals surface area contributed by atoms with Crippen molar-refractivity contribution in [3.8, 4) is 5.75 Å². The Balaban J connectivity index is 1.95. The van der Waals surface area contributed by atoms with Crippen LogP contribution in [0.1, 0.15) is 38.2 Å². The van der Waals surface area contributed by atoms with Crippen molar-refractivity contribution >= 4 is 17.6 Å². The number of carbonyl (C=O) groups is 2. The van der Waals surface area contributed by atoms with Crippen LogP contribution in [0.2, 0.25) is 0 Å². The van der Waals surface area contributed by atoms with Crippen LogP contribution in [0.3, 0.4) is 0 Å². The van der Waals surface area contributed by atoms with E-state index in [1.54, 1.807) is 0 Å². The van der Waals surface area contributed by atoms with E-state index in [4.69, 9.17) is 9.84 Å². The molecule has 1 fully saturated rings. The van der Waals surface area contributed by atoms with Crippen LogP contribution in [0, 0.1) is 18.8 Å². The Hall–Kier alpha value is -2.04. The summed E-state index contributed by atoms with van der Waals surface area (Å²) in [5.41, 5.74) is 1.62. The van der Waals surface area contributed by atoms with E-state index in [0.717, 1.165) is 24.2 Å². The number of hydrogen-bond acceptors (Lipinski definition) is 3. The molecular formula is C17H23NO4. The molecule has 1 aromatic rings. The van der Waals surface area contributed by atoms with Crippen molar-refractivity contribution in [2.24, 2.45) is 11.8 Å². The van der Waals surface area contributed by atoms with E-state index in [-0.39, 0.29) is 5.91 Å². The van der Waals surface area contributed by atoms with Gasteiger partial charge in [0.05, 0.1) is 18.4 Å². The molecule has 22 heavy (non-hydrogen) atoms. The van der Waals surface area contributed by atoms with E-state index in [1.165, 1.54) is 0 Å². The van der Waals surface area contributed by atoms with Gasteiger partial charge in [-0.05, 0) is 49.9 Å². The van der Waals surface area contributed by atoms with Crippen LogP contribution in [0.5, 0.6) is 5.75 Å². The van der Waals surface area contributed by atoms with Crippen molar-refractivity contribution in [1.82, 2.24) is 0 Å². The summed E-state index contributed by atoms with van der Waals surface area (Å²) in [6.07, 6.45) is 3.31. The summed E-state index contributed by atoms with van der Waals surface area (Å²) in [6.45, 7) is 4.69. The molecule has 0 radical (unpaired) electrons. The summed E-state index contributed by atoms with van der Waals surface area (Å²) in [5, 5.41) is 11.8. The molecule has 2 atom stereocenters. The van der Waals surface area contributed by atoms with E-state index in [2.05, 4.69) is 12.2 Å². The number of unbranched alkanes of at least 4 members (excludes halogenated alkanes) is 1. The molecule has 5 heteroatoms. The Bertz CT molecular complexity index is 556. The predicted molar refractivity (Wildman–Crippen MR) is 84.1 cm³/mol. The Morgan fingerprint density at radius 1 is 1.32 bits per heavy atom. The van der Waals surface area contributed by atoms with Gasteiger partial charge in [0.25, 0.3) is 0 Å². The highest BCUT2D eigenvalue weighted by molar-refractivity contribution is 5.96. The number of hydrogen-bond donors (Lipinski definition) is 2. The lowest BCUT2D eigenvalue weighted by atomic mass is 9.73. The molecule has 0 aromatic heterocycles. The Labute approximate surface area is 130 Å². The van der Waals surface area contributed by atoms with Gasteiger partial charge in [0.15, 0.2) is 0 Å². The second-order valence-corrected chi connectivity index (χ2v) is 5.80. The highest BCUT2D eigenvalue weighted by Crippen LogP contribution is 2.35. The van der Waals surface area contributed by atoms with Crippen molar-refractivity contribution < 1.29 is 19.4 Å². The third-order valence-corrected chi connectivity index (χ3v) is 4.15. The maximum Gasteiger partial charge on any atom is 0.307 e. The first kappa shape index (κ1) is 16.3. The van der Waals surface area contributed by atoms with E-state index >= 15 is 0 Å². The number of carboxylic acids is 1. The first-order valence-corrected chi connectivity index (χ1v) is 7.80. The van der Waals surface area contributed by atoms with E-state index in [1.807, 2.05) is 25.1 Å². The number of anilines is 1. The maximum atomic E-state index is 12.2. The van der Waals surface area contributed by atoms with E-state index in [9.17, 15) is 9.59 Å². The molecule has 0 bridgehead atoms. The number of aryl methyl sites for hydroxylation is 1. The molecule has 2 rings (SSSR count). The second kappa shape index (κ2) is 7.29. The molecule has 1 amide bonds. The SMILES string of the molecule is CCCCOc1ccc(NC(=O)C2CCC2C(=O)O)c(C)c1. The van der Waals surface area contributed by atoms with Gasteiger partial charge in [-0.1, -0.05) is 13.3 Å². The number of carboxylic acid groups (broad SMARTS) is 1. The average molecular weight is 305 g/mol. The lowest BCUT2D eigenvalue weighted by Crippen LogP contribution is -2.41. The standard InChI is InChI=1S/C17H23NO4/c1-3-4-9-22-12-5-8-15(11(2)10-12)18-16(19)13-6-7-14(13)17(20)21/h5,8,10,13-14H,3-4,6-7,9H2,1-2H3,(H,18,19)(H,20,21). The molecule has 0 spiro atoms. The first-order valence-electron chi connectivity index (χ1n) is 7.80. The zero-order chi connectivity index (χ0) is 16.1.